The molecule has 0 aliphatic carbocycles. The second-order valence-electron chi connectivity index (χ2n) is 7.92. The van der Waals surface area contributed by atoms with Crippen molar-refractivity contribution in [3.8, 4) is 0 Å². The average Bonchev–Trinajstić information content (AvgIpc) is 3.22. The molecule has 31 heavy (non-hydrogen) atoms. The molecule has 0 bridgehead atoms. The molecule has 2 saturated heterocycles. The van der Waals surface area contributed by atoms with Crippen molar-refractivity contribution < 1.29 is 22.7 Å². The van der Waals surface area contributed by atoms with E-state index in [0.29, 0.717) is 32.0 Å². The van der Waals surface area contributed by atoms with Gasteiger partial charge in [-0.25, -0.2) is 0 Å². The summed E-state index contributed by atoms with van der Waals surface area (Å²) < 4.78 is 45.2. The maximum Gasteiger partial charge on any atom is 0.416 e. The number of rotatable bonds is 5. The van der Waals surface area contributed by atoms with Crippen LogP contribution in [0.2, 0.25) is 0 Å². The first-order chi connectivity index (χ1) is 14.9. The fourth-order valence-corrected chi connectivity index (χ4v) is 4.33. The van der Waals surface area contributed by atoms with Crippen LogP contribution in [0.4, 0.5) is 24.5 Å². The van der Waals surface area contributed by atoms with Crippen molar-refractivity contribution in [2.24, 2.45) is 0 Å². The Balaban J connectivity index is 1.52. The smallest absolute Gasteiger partial charge is 0.378 e. The van der Waals surface area contributed by atoms with Gasteiger partial charge in [-0.2, -0.15) is 13.2 Å². The lowest BCUT2D eigenvalue weighted by molar-refractivity contribution is -0.137. The maximum atomic E-state index is 13.3. The zero-order chi connectivity index (χ0) is 21.8. The Hall–Kier alpha value is -2.58. The molecule has 2 fully saturated rings. The number of amides is 1. The molecule has 1 unspecified atom stereocenters. The van der Waals surface area contributed by atoms with E-state index in [1.807, 2.05) is 35.2 Å². The molecule has 1 N–H and O–H groups in total. The van der Waals surface area contributed by atoms with Crippen LogP contribution in [-0.4, -0.2) is 50.2 Å². The zero-order valence-electron chi connectivity index (χ0n) is 17.2. The predicted molar refractivity (Wildman–Crippen MR) is 113 cm³/mol. The van der Waals surface area contributed by atoms with Crippen molar-refractivity contribution in [3.05, 3.63) is 59.7 Å². The van der Waals surface area contributed by atoms with Crippen molar-refractivity contribution in [1.29, 1.82) is 0 Å². The fraction of sp³-hybridized carbons (Fsp3) is 0.435. The summed E-state index contributed by atoms with van der Waals surface area (Å²) >= 11 is 0. The van der Waals surface area contributed by atoms with Crippen LogP contribution >= 0.6 is 0 Å². The highest BCUT2D eigenvalue weighted by atomic mass is 19.4. The number of morpholine rings is 1. The third kappa shape index (κ3) is 5.19. The number of ether oxygens (including phenoxy) is 1. The van der Waals surface area contributed by atoms with E-state index in [9.17, 15) is 18.0 Å². The van der Waals surface area contributed by atoms with Crippen LogP contribution in [0.3, 0.4) is 0 Å². The Morgan fingerprint density at radius 1 is 1.06 bits per heavy atom. The van der Waals surface area contributed by atoms with Crippen molar-refractivity contribution in [3.63, 3.8) is 0 Å². The van der Waals surface area contributed by atoms with Gasteiger partial charge in [0.25, 0.3) is 0 Å². The predicted octanol–water partition coefficient (Wildman–Crippen LogP) is 4.32. The Labute approximate surface area is 179 Å². The van der Waals surface area contributed by atoms with Gasteiger partial charge < -0.3 is 15.0 Å². The van der Waals surface area contributed by atoms with E-state index in [0.717, 1.165) is 37.1 Å². The lowest BCUT2D eigenvalue weighted by Crippen LogP contribution is -2.37. The van der Waals surface area contributed by atoms with Crippen LogP contribution in [0.5, 0.6) is 0 Å². The molecule has 1 amide bonds. The van der Waals surface area contributed by atoms with E-state index in [4.69, 9.17) is 4.74 Å². The number of carbonyl (C=O) groups is 1. The highest BCUT2D eigenvalue weighted by Crippen LogP contribution is 2.36. The van der Waals surface area contributed by atoms with Crippen LogP contribution in [-0.2, 0) is 15.7 Å². The van der Waals surface area contributed by atoms with Crippen LogP contribution < -0.4 is 10.2 Å². The number of benzene rings is 2. The summed E-state index contributed by atoms with van der Waals surface area (Å²) in [6.45, 7) is 3.05. The second-order valence-corrected chi connectivity index (χ2v) is 7.92. The van der Waals surface area contributed by atoms with E-state index in [2.05, 4.69) is 10.2 Å². The van der Waals surface area contributed by atoms with Gasteiger partial charge in [0.2, 0.25) is 5.91 Å². The summed E-state index contributed by atoms with van der Waals surface area (Å²) in [5, 5.41) is 2.76. The summed E-state index contributed by atoms with van der Waals surface area (Å²) in [5.41, 5.74) is 1.16. The van der Waals surface area contributed by atoms with Gasteiger partial charge in [-0.3, -0.25) is 9.69 Å². The summed E-state index contributed by atoms with van der Waals surface area (Å²) in [6.07, 6.45) is -2.54. The number of hydrogen-bond donors (Lipinski definition) is 1. The van der Waals surface area contributed by atoms with Gasteiger partial charge in [0.1, 0.15) is 0 Å². The minimum atomic E-state index is -4.48. The van der Waals surface area contributed by atoms with Crippen LogP contribution in [0, 0.1) is 0 Å². The molecular formula is C23H26F3N3O2. The first-order valence-electron chi connectivity index (χ1n) is 10.5. The van der Waals surface area contributed by atoms with E-state index in [-0.39, 0.29) is 24.2 Å². The van der Waals surface area contributed by atoms with Gasteiger partial charge in [0.05, 0.1) is 36.7 Å². The number of halogens is 3. The SMILES string of the molecule is O=C(CN1CCCC1c1ccccc1)Nc1cc(C(F)(F)F)ccc1N1CCOCC1. The Morgan fingerprint density at radius 3 is 2.52 bits per heavy atom. The molecular weight excluding hydrogens is 407 g/mol. The highest BCUT2D eigenvalue weighted by Gasteiger charge is 2.32. The number of anilines is 2. The molecule has 0 radical (unpaired) electrons. The van der Waals surface area contributed by atoms with Gasteiger partial charge in [-0.15, -0.1) is 0 Å². The van der Waals surface area contributed by atoms with E-state index in [1.165, 1.54) is 6.07 Å². The first kappa shape index (κ1) is 21.6. The van der Waals surface area contributed by atoms with Crippen molar-refractivity contribution in [1.82, 2.24) is 4.90 Å². The molecule has 2 heterocycles. The fourth-order valence-electron chi connectivity index (χ4n) is 4.33. The minimum absolute atomic E-state index is 0.137. The highest BCUT2D eigenvalue weighted by molar-refractivity contribution is 5.96. The lowest BCUT2D eigenvalue weighted by Gasteiger charge is -2.31. The first-order valence-corrected chi connectivity index (χ1v) is 10.5. The molecule has 2 aliphatic heterocycles. The van der Waals surface area contributed by atoms with Gasteiger partial charge >= 0.3 is 6.18 Å². The second kappa shape index (κ2) is 9.28. The average molecular weight is 433 g/mol. The molecule has 166 valence electrons. The summed E-state index contributed by atoms with van der Waals surface area (Å²) in [6, 6.07) is 13.7. The summed E-state index contributed by atoms with van der Waals surface area (Å²) in [7, 11) is 0. The molecule has 1 atom stereocenters. The molecule has 4 rings (SSSR count). The number of nitrogens with one attached hydrogen (secondary N) is 1. The monoisotopic (exact) mass is 433 g/mol. The molecule has 0 saturated carbocycles. The third-order valence-corrected chi connectivity index (χ3v) is 5.84. The van der Waals surface area contributed by atoms with E-state index < -0.39 is 11.7 Å². The Bertz CT molecular complexity index is 899. The molecule has 8 heteroatoms. The quantitative estimate of drug-likeness (QED) is 0.763. The summed E-state index contributed by atoms with van der Waals surface area (Å²) in [5.74, 6) is -0.309. The number of nitrogens with zero attached hydrogens (tertiary/aromatic N) is 2. The molecule has 0 spiro atoms. The van der Waals surface area contributed by atoms with Crippen molar-refractivity contribution in [2.75, 3.05) is 49.6 Å². The largest absolute Gasteiger partial charge is 0.416 e. The number of hydrogen-bond acceptors (Lipinski definition) is 4. The number of alkyl halides is 3. The normalized spacial score (nSPS) is 20.1. The standard InChI is InChI=1S/C23H26F3N3O2/c24-23(25,26)18-8-9-21(28-11-13-31-14-12-28)19(15-18)27-22(30)16-29-10-4-7-20(29)17-5-2-1-3-6-17/h1-3,5-6,8-9,15,20H,4,7,10-14,16H2,(H,27,30). The van der Waals surface area contributed by atoms with Gasteiger partial charge in [0, 0.05) is 19.1 Å². The van der Waals surface area contributed by atoms with E-state index in [1.54, 1.807) is 0 Å². The number of carbonyl (C=O) groups excluding carboxylic acids is 1. The van der Waals surface area contributed by atoms with Crippen LogP contribution in [0.15, 0.2) is 48.5 Å². The van der Waals surface area contributed by atoms with E-state index >= 15 is 0 Å². The van der Waals surface area contributed by atoms with Crippen molar-refractivity contribution >= 4 is 17.3 Å². The topological polar surface area (TPSA) is 44.8 Å². The Kier molecular flexibility index (Phi) is 6.48. The molecule has 2 aliphatic rings. The molecule has 5 nitrogen and oxygen atoms in total. The van der Waals surface area contributed by atoms with Gasteiger partial charge in [-0.05, 0) is 43.1 Å². The molecule has 0 aromatic heterocycles. The van der Waals surface area contributed by atoms with Crippen LogP contribution in [0.25, 0.3) is 0 Å². The molecule has 2 aromatic rings. The van der Waals surface area contributed by atoms with Gasteiger partial charge in [0.15, 0.2) is 0 Å². The number of likely N-dealkylation sites (tertiary alicyclic amines) is 1. The van der Waals surface area contributed by atoms with Crippen LogP contribution in [0.1, 0.15) is 30.0 Å². The van der Waals surface area contributed by atoms with Gasteiger partial charge in [-0.1, -0.05) is 30.3 Å². The molecule has 2 aromatic carbocycles. The van der Waals surface area contributed by atoms with Crippen molar-refractivity contribution in [2.45, 2.75) is 25.1 Å². The zero-order valence-corrected chi connectivity index (χ0v) is 17.2. The Morgan fingerprint density at radius 2 is 1.81 bits per heavy atom. The minimum Gasteiger partial charge on any atom is -0.378 e. The summed E-state index contributed by atoms with van der Waals surface area (Å²) in [4.78, 5) is 16.9. The third-order valence-electron chi connectivity index (χ3n) is 5.84. The maximum absolute atomic E-state index is 13.3. The lowest BCUT2D eigenvalue weighted by atomic mass is 10.0.